The first-order valence-electron chi connectivity index (χ1n) is 6.66. The number of ether oxygens (including phenoxy) is 1. The van der Waals surface area contributed by atoms with Gasteiger partial charge >= 0.3 is 0 Å². The van der Waals surface area contributed by atoms with Gasteiger partial charge in [-0.3, -0.25) is 10.1 Å². The molecule has 5 heteroatoms. The molecule has 1 fully saturated rings. The Hall–Kier alpha value is -2.03. The number of nitrogens with one attached hydrogen (secondary N) is 2. The Morgan fingerprint density at radius 2 is 2.00 bits per heavy atom. The maximum atomic E-state index is 11.6. The number of carbonyl (C=O) groups is 1. The summed E-state index contributed by atoms with van der Waals surface area (Å²) in [7, 11) is 0. The van der Waals surface area contributed by atoms with Crippen LogP contribution in [0.5, 0.6) is 0 Å². The van der Waals surface area contributed by atoms with Crippen molar-refractivity contribution in [2.75, 3.05) is 49.6 Å². The largest absolute Gasteiger partial charge is 0.378 e. The van der Waals surface area contributed by atoms with E-state index in [1.807, 2.05) is 24.3 Å². The average Bonchev–Trinajstić information content (AvgIpc) is 2.49. The van der Waals surface area contributed by atoms with Crippen molar-refractivity contribution in [2.45, 2.75) is 0 Å². The monoisotopic (exact) mass is 273 g/mol. The Morgan fingerprint density at radius 1 is 1.30 bits per heavy atom. The Balaban J connectivity index is 1.84. The fourth-order valence-electron chi connectivity index (χ4n) is 2.03. The van der Waals surface area contributed by atoms with Crippen LogP contribution in [0.2, 0.25) is 0 Å². The van der Waals surface area contributed by atoms with E-state index in [9.17, 15) is 4.79 Å². The third-order valence-electron chi connectivity index (χ3n) is 3.04. The van der Waals surface area contributed by atoms with E-state index in [2.05, 4.69) is 21.5 Å². The number of nitrogens with zero attached hydrogens (tertiary/aromatic N) is 1. The summed E-state index contributed by atoms with van der Waals surface area (Å²) in [5.41, 5.74) is 1.94. The minimum atomic E-state index is -0.0978. The van der Waals surface area contributed by atoms with Gasteiger partial charge < -0.3 is 15.0 Å². The molecule has 0 spiro atoms. The third-order valence-corrected chi connectivity index (χ3v) is 3.04. The van der Waals surface area contributed by atoms with Gasteiger partial charge in [0.2, 0.25) is 5.91 Å². The van der Waals surface area contributed by atoms with Crippen molar-refractivity contribution < 1.29 is 9.53 Å². The molecule has 0 unspecified atom stereocenters. The van der Waals surface area contributed by atoms with Gasteiger partial charge in [0.25, 0.3) is 0 Å². The lowest BCUT2D eigenvalue weighted by Crippen LogP contribution is -2.36. The predicted octanol–water partition coefficient (Wildman–Crippen LogP) is 0.684. The molecule has 1 saturated heterocycles. The van der Waals surface area contributed by atoms with Gasteiger partial charge in [0.1, 0.15) is 0 Å². The van der Waals surface area contributed by atoms with Gasteiger partial charge in [-0.15, -0.1) is 6.42 Å². The Morgan fingerprint density at radius 3 is 2.65 bits per heavy atom. The molecule has 1 aliphatic rings. The van der Waals surface area contributed by atoms with Crippen LogP contribution in [0.3, 0.4) is 0 Å². The van der Waals surface area contributed by atoms with E-state index in [0.717, 1.165) is 37.7 Å². The zero-order valence-electron chi connectivity index (χ0n) is 11.4. The molecule has 0 aliphatic carbocycles. The van der Waals surface area contributed by atoms with E-state index >= 15 is 0 Å². The lowest BCUT2D eigenvalue weighted by atomic mass is 10.2. The van der Waals surface area contributed by atoms with Crippen LogP contribution in [-0.2, 0) is 9.53 Å². The van der Waals surface area contributed by atoms with Gasteiger partial charge in [-0.25, -0.2) is 0 Å². The Labute approximate surface area is 119 Å². The van der Waals surface area contributed by atoms with Gasteiger partial charge in [0, 0.05) is 24.5 Å². The molecular weight excluding hydrogens is 254 g/mol. The van der Waals surface area contributed by atoms with Crippen LogP contribution in [0.25, 0.3) is 0 Å². The molecule has 1 amide bonds. The number of rotatable bonds is 5. The molecule has 0 atom stereocenters. The van der Waals surface area contributed by atoms with Crippen molar-refractivity contribution in [3.8, 4) is 12.3 Å². The van der Waals surface area contributed by atoms with E-state index in [4.69, 9.17) is 11.2 Å². The van der Waals surface area contributed by atoms with Crippen LogP contribution in [-0.4, -0.2) is 45.3 Å². The lowest BCUT2D eigenvalue weighted by molar-refractivity contribution is -0.115. The molecule has 0 bridgehead atoms. The zero-order valence-corrected chi connectivity index (χ0v) is 11.4. The summed E-state index contributed by atoms with van der Waals surface area (Å²) in [5, 5.41) is 5.67. The Kier molecular flexibility index (Phi) is 5.42. The summed E-state index contributed by atoms with van der Waals surface area (Å²) in [5.74, 6) is 2.33. The highest BCUT2D eigenvalue weighted by Crippen LogP contribution is 2.18. The zero-order chi connectivity index (χ0) is 14.2. The standard InChI is InChI=1S/C15H19N3O2/c1-2-7-16-12-15(19)17-13-3-5-14(6-4-13)18-8-10-20-11-9-18/h1,3-6,16H,7-12H2,(H,17,19). The molecule has 1 heterocycles. The second kappa shape index (κ2) is 7.53. The number of morpholine rings is 1. The number of anilines is 2. The van der Waals surface area contributed by atoms with Crippen LogP contribution in [0.4, 0.5) is 11.4 Å². The van der Waals surface area contributed by atoms with E-state index in [-0.39, 0.29) is 12.5 Å². The maximum absolute atomic E-state index is 11.6. The summed E-state index contributed by atoms with van der Waals surface area (Å²) in [4.78, 5) is 13.9. The van der Waals surface area contributed by atoms with Gasteiger partial charge in [0.15, 0.2) is 0 Å². The highest BCUT2D eigenvalue weighted by atomic mass is 16.5. The molecule has 2 N–H and O–H groups in total. The molecule has 0 saturated carbocycles. The van der Waals surface area contributed by atoms with Crippen molar-refractivity contribution in [1.29, 1.82) is 0 Å². The summed E-state index contributed by atoms with van der Waals surface area (Å²) in [6.45, 7) is 3.95. The summed E-state index contributed by atoms with van der Waals surface area (Å²) in [6, 6.07) is 7.83. The highest BCUT2D eigenvalue weighted by Gasteiger charge is 2.10. The minimum absolute atomic E-state index is 0.0978. The van der Waals surface area contributed by atoms with Gasteiger partial charge in [-0.05, 0) is 24.3 Å². The fourth-order valence-corrected chi connectivity index (χ4v) is 2.03. The molecule has 106 valence electrons. The normalized spacial score (nSPS) is 14.7. The SMILES string of the molecule is C#CCNCC(=O)Nc1ccc(N2CCOCC2)cc1. The third kappa shape index (κ3) is 4.26. The number of terminal acetylenes is 1. The van der Waals surface area contributed by atoms with Crippen molar-refractivity contribution >= 4 is 17.3 Å². The van der Waals surface area contributed by atoms with Crippen molar-refractivity contribution in [3.63, 3.8) is 0 Å². The van der Waals surface area contributed by atoms with Crippen LogP contribution < -0.4 is 15.5 Å². The van der Waals surface area contributed by atoms with Crippen LogP contribution >= 0.6 is 0 Å². The number of hydrogen-bond donors (Lipinski definition) is 2. The minimum Gasteiger partial charge on any atom is -0.378 e. The van der Waals surface area contributed by atoms with Crippen LogP contribution in [0.1, 0.15) is 0 Å². The average molecular weight is 273 g/mol. The van der Waals surface area contributed by atoms with Crippen LogP contribution in [0, 0.1) is 12.3 Å². The first-order chi connectivity index (χ1) is 9.79. The van der Waals surface area contributed by atoms with Crippen LogP contribution in [0.15, 0.2) is 24.3 Å². The molecule has 0 aromatic heterocycles. The van der Waals surface area contributed by atoms with E-state index in [1.54, 1.807) is 0 Å². The quantitative estimate of drug-likeness (QED) is 0.612. The summed E-state index contributed by atoms with van der Waals surface area (Å²) in [6.07, 6.45) is 5.10. The second-order valence-corrected chi connectivity index (χ2v) is 4.50. The second-order valence-electron chi connectivity index (χ2n) is 4.50. The summed E-state index contributed by atoms with van der Waals surface area (Å²) < 4.78 is 5.32. The molecule has 1 aromatic rings. The smallest absolute Gasteiger partial charge is 0.238 e. The topological polar surface area (TPSA) is 53.6 Å². The van der Waals surface area contributed by atoms with Gasteiger partial charge in [-0.1, -0.05) is 5.92 Å². The summed E-state index contributed by atoms with van der Waals surface area (Å²) >= 11 is 0. The van der Waals surface area contributed by atoms with E-state index in [1.165, 1.54) is 0 Å². The fraction of sp³-hybridized carbons (Fsp3) is 0.400. The molecule has 0 radical (unpaired) electrons. The lowest BCUT2D eigenvalue weighted by Gasteiger charge is -2.28. The first-order valence-corrected chi connectivity index (χ1v) is 6.66. The molecule has 20 heavy (non-hydrogen) atoms. The Bertz CT molecular complexity index is 473. The number of amides is 1. The molecular formula is C15H19N3O2. The molecule has 1 aromatic carbocycles. The van der Waals surface area contributed by atoms with Gasteiger partial charge in [0.05, 0.1) is 26.3 Å². The van der Waals surface area contributed by atoms with Gasteiger partial charge in [-0.2, -0.15) is 0 Å². The predicted molar refractivity (Wildman–Crippen MR) is 79.8 cm³/mol. The number of benzene rings is 1. The number of carbonyl (C=O) groups excluding carboxylic acids is 1. The molecule has 1 aliphatic heterocycles. The maximum Gasteiger partial charge on any atom is 0.238 e. The van der Waals surface area contributed by atoms with Crippen molar-refractivity contribution in [2.24, 2.45) is 0 Å². The highest BCUT2D eigenvalue weighted by molar-refractivity contribution is 5.92. The van der Waals surface area contributed by atoms with E-state index in [0.29, 0.717) is 6.54 Å². The van der Waals surface area contributed by atoms with Crippen molar-refractivity contribution in [3.05, 3.63) is 24.3 Å². The van der Waals surface area contributed by atoms with Crippen molar-refractivity contribution in [1.82, 2.24) is 5.32 Å². The molecule has 2 rings (SSSR count). The van der Waals surface area contributed by atoms with E-state index < -0.39 is 0 Å². The molecule has 5 nitrogen and oxygen atoms in total. The number of hydrogen-bond acceptors (Lipinski definition) is 4. The first kappa shape index (κ1) is 14.4.